The topological polar surface area (TPSA) is 107 Å². The van der Waals surface area contributed by atoms with Crippen LogP contribution in [0.4, 0.5) is 0 Å². The van der Waals surface area contributed by atoms with Crippen LogP contribution in [0.5, 0.6) is 23.0 Å². The third-order valence-corrected chi connectivity index (χ3v) is 6.08. The Morgan fingerprint density at radius 1 is 1.00 bits per heavy atom. The summed E-state index contributed by atoms with van der Waals surface area (Å²) in [5.74, 6) is 0.985. The third-order valence-electron chi connectivity index (χ3n) is 5.12. The molecule has 0 fully saturated rings. The first kappa shape index (κ1) is 28.8. The second-order valence-corrected chi connectivity index (χ2v) is 8.95. The SMILES string of the molecule is CCOc1cc(C=NNC(=O)CNC(=O)c2ccc(OC)c(OC)c2)cc(Br)c1OCc1ccccc1Cl. The summed E-state index contributed by atoms with van der Waals surface area (Å²) in [6, 6.07) is 15.7. The molecule has 0 heterocycles. The van der Waals surface area contributed by atoms with Crippen molar-refractivity contribution in [3.8, 4) is 23.0 Å². The first-order valence-electron chi connectivity index (χ1n) is 11.5. The molecule has 2 amide bonds. The van der Waals surface area contributed by atoms with Gasteiger partial charge in [0.25, 0.3) is 11.8 Å². The van der Waals surface area contributed by atoms with Crippen molar-refractivity contribution in [3.05, 3.63) is 80.8 Å². The fourth-order valence-corrected chi connectivity index (χ4v) is 4.05. The molecule has 0 atom stereocenters. The lowest BCUT2D eigenvalue weighted by atomic mass is 10.2. The van der Waals surface area contributed by atoms with Gasteiger partial charge >= 0.3 is 0 Å². The van der Waals surface area contributed by atoms with Gasteiger partial charge in [0.2, 0.25) is 0 Å². The molecule has 2 N–H and O–H groups in total. The summed E-state index contributed by atoms with van der Waals surface area (Å²) in [5, 5.41) is 7.12. The number of amides is 2. The zero-order valence-corrected chi connectivity index (χ0v) is 23.4. The van der Waals surface area contributed by atoms with Crippen molar-refractivity contribution >= 4 is 45.6 Å². The highest BCUT2D eigenvalue weighted by atomic mass is 79.9. The van der Waals surface area contributed by atoms with E-state index in [1.165, 1.54) is 26.5 Å². The molecule has 0 bridgehead atoms. The molecule has 0 saturated carbocycles. The molecule has 0 saturated heterocycles. The van der Waals surface area contributed by atoms with Crippen molar-refractivity contribution in [2.75, 3.05) is 27.4 Å². The van der Waals surface area contributed by atoms with E-state index in [4.69, 9.17) is 30.5 Å². The maximum absolute atomic E-state index is 12.4. The Morgan fingerprint density at radius 3 is 2.47 bits per heavy atom. The van der Waals surface area contributed by atoms with Crippen LogP contribution >= 0.6 is 27.5 Å². The lowest BCUT2D eigenvalue weighted by molar-refractivity contribution is -0.120. The van der Waals surface area contributed by atoms with Gasteiger partial charge in [0.1, 0.15) is 6.61 Å². The fraction of sp³-hybridized carbons (Fsp3) is 0.222. The zero-order valence-electron chi connectivity index (χ0n) is 21.0. The Labute approximate surface area is 234 Å². The van der Waals surface area contributed by atoms with E-state index in [-0.39, 0.29) is 13.2 Å². The van der Waals surface area contributed by atoms with Gasteiger partial charge in [-0.2, -0.15) is 5.10 Å². The van der Waals surface area contributed by atoms with Gasteiger partial charge < -0.3 is 24.3 Å². The van der Waals surface area contributed by atoms with Gasteiger partial charge in [-0.3, -0.25) is 9.59 Å². The average molecular weight is 605 g/mol. The summed E-state index contributed by atoms with van der Waals surface area (Å²) in [6.07, 6.45) is 1.46. The molecule has 38 heavy (non-hydrogen) atoms. The Hall–Kier alpha value is -3.76. The summed E-state index contributed by atoms with van der Waals surface area (Å²) in [7, 11) is 2.98. The molecule has 0 spiro atoms. The summed E-state index contributed by atoms with van der Waals surface area (Å²) >= 11 is 9.74. The first-order chi connectivity index (χ1) is 18.4. The molecule has 3 aromatic carbocycles. The van der Waals surface area contributed by atoms with E-state index in [0.29, 0.717) is 50.2 Å². The van der Waals surface area contributed by atoms with Gasteiger partial charge in [-0.05, 0) is 64.8 Å². The molecule has 0 aromatic heterocycles. The smallest absolute Gasteiger partial charge is 0.259 e. The Morgan fingerprint density at radius 2 is 1.76 bits per heavy atom. The zero-order chi connectivity index (χ0) is 27.5. The highest BCUT2D eigenvalue weighted by Crippen LogP contribution is 2.37. The van der Waals surface area contributed by atoms with Crippen LogP contribution in [0.3, 0.4) is 0 Å². The molecule has 200 valence electrons. The quantitative estimate of drug-likeness (QED) is 0.223. The lowest BCUT2D eigenvalue weighted by Gasteiger charge is -2.15. The van der Waals surface area contributed by atoms with E-state index in [9.17, 15) is 9.59 Å². The van der Waals surface area contributed by atoms with Crippen molar-refractivity contribution < 1.29 is 28.5 Å². The van der Waals surface area contributed by atoms with Crippen LogP contribution < -0.4 is 29.7 Å². The molecular weight excluding hydrogens is 578 g/mol. The highest BCUT2D eigenvalue weighted by molar-refractivity contribution is 9.10. The maximum Gasteiger partial charge on any atom is 0.259 e. The number of carbonyl (C=O) groups is 2. The van der Waals surface area contributed by atoms with Crippen LogP contribution in [-0.4, -0.2) is 45.4 Å². The molecule has 3 rings (SSSR count). The predicted molar refractivity (Wildman–Crippen MR) is 149 cm³/mol. The molecule has 0 radical (unpaired) electrons. The third kappa shape index (κ3) is 7.87. The minimum atomic E-state index is -0.501. The summed E-state index contributed by atoms with van der Waals surface area (Å²) in [5.41, 5.74) is 4.21. The van der Waals surface area contributed by atoms with Crippen LogP contribution in [0.1, 0.15) is 28.4 Å². The number of ether oxygens (including phenoxy) is 4. The largest absolute Gasteiger partial charge is 0.493 e. The van der Waals surface area contributed by atoms with Gasteiger partial charge in [-0.1, -0.05) is 29.8 Å². The monoisotopic (exact) mass is 603 g/mol. The van der Waals surface area contributed by atoms with Crippen molar-refractivity contribution in [3.63, 3.8) is 0 Å². The summed E-state index contributed by atoms with van der Waals surface area (Å²) < 4.78 is 22.7. The number of benzene rings is 3. The number of halogens is 2. The van der Waals surface area contributed by atoms with Gasteiger partial charge in [-0.15, -0.1) is 0 Å². The van der Waals surface area contributed by atoms with Crippen LogP contribution in [0.15, 0.2) is 64.2 Å². The number of nitrogens with zero attached hydrogens (tertiary/aromatic N) is 1. The highest BCUT2D eigenvalue weighted by Gasteiger charge is 2.14. The van der Waals surface area contributed by atoms with Crippen LogP contribution in [0.25, 0.3) is 0 Å². The second-order valence-electron chi connectivity index (χ2n) is 7.69. The molecular formula is C27H27BrClN3O6. The summed E-state index contributed by atoms with van der Waals surface area (Å²) in [4.78, 5) is 24.6. The van der Waals surface area contributed by atoms with E-state index < -0.39 is 11.8 Å². The van der Waals surface area contributed by atoms with Gasteiger partial charge in [0.05, 0.1) is 38.1 Å². The molecule has 0 unspecified atom stereocenters. The normalized spacial score (nSPS) is 10.7. The predicted octanol–water partition coefficient (Wildman–Crippen LogP) is 4.98. The van der Waals surface area contributed by atoms with E-state index in [1.807, 2.05) is 25.1 Å². The van der Waals surface area contributed by atoms with Gasteiger partial charge in [0.15, 0.2) is 23.0 Å². The number of methoxy groups -OCH3 is 2. The number of carbonyl (C=O) groups excluding carboxylic acids is 2. The maximum atomic E-state index is 12.4. The van der Waals surface area contributed by atoms with Crippen LogP contribution in [0, 0.1) is 0 Å². The Balaban J connectivity index is 1.59. The number of rotatable bonds is 12. The number of hydrogen-bond donors (Lipinski definition) is 2. The number of hydrazone groups is 1. The average Bonchev–Trinajstić information content (AvgIpc) is 2.92. The summed E-state index contributed by atoms with van der Waals surface area (Å²) in [6.45, 7) is 2.28. The molecule has 9 nitrogen and oxygen atoms in total. The molecule has 0 aliphatic carbocycles. The Kier molecular flexibility index (Phi) is 10.8. The molecule has 0 aliphatic rings. The van der Waals surface area contributed by atoms with E-state index in [2.05, 4.69) is 31.8 Å². The van der Waals surface area contributed by atoms with Crippen LogP contribution in [0.2, 0.25) is 5.02 Å². The molecule has 11 heteroatoms. The number of hydrogen-bond acceptors (Lipinski definition) is 7. The van der Waals surface area contributed by atoms with E-state index >= 15 is 0 Å². The fourth-order valence-electron chi connectivity index (χ4n) is 3.29. The van der Waals surface area contributed by atoms with Gasteiger partial charge in [-0.25, -0.2) is 5.43 Å². The second kappa shape index (κ2) is 14.3. The minimum absolute atomic E-state index is 0.261. The minimum Gasteiger partial charge on any atom is -0.493 e. The number of nitrogens with one attached hydrogen (secondary N) is 2. The van der Waals surface area contributed by atoms with Crippen molar-refractivity contribution in [2.45, 2.75) is 13.5 Å². The van der Waals surface area contributed by atoms with Crippen molar-refractivity contribution in [2.24, 2.45) is 5.10 Å². The van der Waals surface area contributed by atoms with Crippen LogP contribution in [-0.2, 0) is 11.4 Å². The van der Waals surface area contributed by atoms with Gasteiger partial charge in [0, 0.05) is 16.1 Å². The van der Waals surface area contributed by atoms with E-state index in [1.54, 1.807) is 30.3 Å². The Bertz CT molecular complexity index is 1320. The standard InChI is InChI=1S/C27H27BrClN3O6/c1-4-37-24-12-17(11-20(28)26(24)38-16-19-7-5-6-8-21(19)29)14-31-32-25(33)15-30-27(34)18-9-10-22(35-2)23(13-18)36-3/h5-14H,4,15-16H2,1-3H3,(H,30,34)(H,32,33). The van der Waals surface area contributed by atoms with Crippen molar-refractivity contribution in [1.82, 2.24) is 10.7 Å². The van der Waals surface area contributed by atoms with E-state index in [0.717, 1.165) is 5.56 Å². The first-order valence-corrected chi connectivity index (χ1v) is 12.7. The molecule has 3 aromatic rings. The molecule has 0 aliphatic heterocycles. The van der Waals surface area contributed by atoms with Crippen molar-refractivity contribution in [1.29, 1.82) is 0 Å². The lowest BCUT2D eigenvalue weighted by Crippen LogP contribution is -2.34.